The fourth-order valence-electron chi connectivity index (χ4n) is 8.44. The van der Waals surface area contributed by atoms with E-state index in [1.165, 1.54) is 0 Å². The molecule has 6 heteroatoms. The van der Waals surface area contributed by atoms with Crippen LogP contribution in [0.4, 0.5) is 0 Å². The van der Waals surface area contributed by atoms with E-state index in [0.29, 0.717) is 25.8 Å². The van der Waals surface area contributed by atoms with Gasteiger partial charge in [-0.15, -0.1) is 0 Å². The normalized spacial score (nSPS) is 48.6. The van der Waals surface area contributed by atoms with Crippen molar-refractivity contribution >= 4 is 11.6 Å². The minimum absolute atomic E-state index is 0.00198. The number of rotatable bonds is 3. The van der Waals surface area contributed by atoms with Gasteiger partial charge in [0.2, 0.25) is 0 Å². The SMILES string of the molecule is CC1CCN(CC(=O)C2CC[C@@]3(O)C4=CC(=O)C5CC(O)C(O)CC5(C)C4CC[C@]23C)CC1. The number of nitrogens with zero attached hydrogens (tertiary/aromatic N) is 1. The molecule has 3 saturated carbocycles. The van der Waals surface area contributed by atoms with Crippen LogP contribution in [0, 0.1) is 34.5 Å². The van der Waals surface area contributed by atoms with Gasteiger partial charge < -0.3 is 15.3 Å². The van der Waals surface area contributed by atoms with Crippen molar-refractivity contribution in [3.8, 4) is 0 Å². The van der Waals surface area contributed by atoms with Crippen LogP contribution in [-0.2, 0) is 9.59 Å². The number of Topliss-reactive ketones (excluding diaryl/α,β-unsaturated/α-hetero) is 1. The van der Waals surface area contributed by atoms with Gasteiger partial charge >= 0.3 is 0 Å². The van der Waals surface area contributed by atoms with Gasteiger partial charge in [-0.2, -0.15) is 0 Å². The molecule has 1 aliphatic heterocycles. The standard InChI is InChI=1S/C27H41NO5/c1-16-6-10-28(11-7-16)15-24(32)18-5-9-27(33)19-12-21(29)20-13-22(30)23(31)14-25(20,2)17(19)4-8-26(18,27)3/h12,16-18,20,22-23,30-31,33H,4-11,13-15H2,1-3H3/t17?,18?,20?,22?,23?,25?,26-,27-/m1/s1. The highest BCUT2D eigenvalue weighted by Gasteiger charge is 2.67. The van der Waals surface area contributed by atoms with Crippen molar-refractivity contribution in [1.82, 2.24) is 4.90 Å². The van der Waals surface area contributed by atoms with Crippen molar-refractivity contribution in [2.45, 2.75) is 89.9 Å². The van der Waals surface area contributed by atoms with Gasteiger partial charge in [0.05, 0.1) is 24.4 Å². The minimum atomic E-state index is -1.16. The number of carbonyl (C=O) groups excluding carboxylic acids is 2. The van der Waals surface area contributed by atoms with E-state index >= 15 is 0 Å². The van der Waals surface area contributed by atoms with E-state index in [4.69, 9.17) is 0 Å². The molecule has 0 spiro atoms. The molecular formula is C27H41NO5. The highest BCUT2D eigenvalue weighted by Crippen LogP contribution is 2.67. The van der Waals surface area contributed by atoms with Gasteiger partial charge in [-0.05, 0) is 93.4 Å². The Bertz CT molecular complexity index is 863. The Labute approximate surface area is 197 Å². The van der Waals surface area contributed by atoms with Crippen LogP contribution in [0.2, 0.25) is 0 Å². The van der Waals surface area contributed by atoms with E-state index in [9.17, 15) is 24.9 Å². The second kappa shape index (κ2) is 7.97. The van der Waals surface area contributed by atoms with E-state index in [2.05, 4.69) is 25.7 Å². The van der Waals surface area contributed by atoms with Gasteiger partial charge in [-0.25, -0.2) is 0 Å². The number of allylic oxidation sites excluding steroid dienone is 1. The predicted molar refractivity (Wildman–Crippen MR) is 124 cm³/mol. The average molecular weight is 460 g/mol. The van der Waals surface area contributed by atoms with Crippen LogP contribution in [0.5, 0.6) is 0 Å². The zero-order chi connectivity index (χ0) is 23.8. The molecule has 0 bridgehead atoms. The summed E-state index contributed by atoms with van der Waals surface area (Å²) in [4.78, 5) is 29.0. The number of ketones is 2. The summed E-state index contributed by atoms with van der Waals surface area (Å²) in [5, 5.41) is 32.8. The Morgan fingerprint density at radius 2 is 1.76 bits per heavy atom. The molecule has 1 heterocycles. The van der Waals surface area contributed by atoms with Gasteiger partial charge in [0.1, 0.15) is 0 Å². The first-order valence-electron chi connectivity index (χ1n) is 13.1. The lowest BCUT2D eigenvalue weighted by molar-refractivity contribution is -0.154. The van der Waals surface area contributed by atoms with Crippen LogP contribution < -0.4 is 0 Å². The molecule has 4 fully saturated rings. The predicted octanol–water partition coefficient (Wildman–Crippen LogP) is 2.49. The summed E-state index contributed by atoms with van der Waals surface area (Å²) in [7, 11) is 0. The van der Waals surface area contributed by atoms with Gasteiger partial charge in [0.25, 0.3) is 0 Å². The van der Waals surface area contributed by atoms with Crippen LogP contribution in [0.1, 0.15) is 72.1 Å². The van der Waals surface area contributed by atoms with E-state index in [1.807, 2.05) is 0 Å². The molecule has 33 heavy (non-hydrogen) atoms. The zero-order valence-electron chi connectivity index (χ0n) is 20.4. The molecule has 0 aromatic rings. The second-order valence-corrected chi connectivity index (χ2v) is 12.5. The Balaban J connectivity index is 1.41. The Hall–Kier alpha value is -1.08. The Morgan fingerprint density at radius 3 is 2.45 bits per heavy atom. The summed E-state index contributed by atoms with van der Waals surface area (Å²) >= 11 is 0. The fourth-order valence-corrected chi connectivity index (χ4v) is 8.44. The van der Waals surface area contributed by atoms with E-state index in [1.54, 1.807) is 6.08 Å². The minimum Gasteiger partial charge on any atom is -0.390 e. The molecule has 0 aromatic carbocycles. The van der Waals surface area contributed by atoms with Crippen molar-refractivity contribution in [2.24, 2.45) is 34.5 Å². The lowest BCUT2D eigenvalue weighted by Gasteiger charge is -2.59. The molecule has 0 aromatic heterocycles. The smallest absolute Gasteiger partial charge is 0.159 e. The summed E-state index contributed by atoms with van der Waals surface area (Å²) in [5.41, 5.74) is -1.39. The topological polar surface area (TPSA) is 98.1 Å². The molecular weight excluding hydrogens is 418 g/mol. The van der Waals surface area contributed by atoms with Crippen molar-refractivity contribution in [1.29, 1.82) is 0 Å². The lowest BCUT2D eigenvalue weighted by atomic mass is 9.46. The van der Waals surface area contributed by atoms with Gasteiger partial charge in [-0.1, -0.05) is 20.8 Å². The molecule has 1 saturated heterocycles. The third kappa shape index (κ3) is 3.42. The number of carbonyl (C=O) groups is 2. The Morgan fingerprint density at radius 1 is 1.06 bits per heavy atom. The maximum atomic E-state index is 13.5. The van der Waals surface area contributed by atoms with Crippen LogP contribution in [0.25, 0.3) is 0 Å². The first-order chi connectivity index (χ1) is 15.5. The van der Waals surface area contributed by atoms with Gasteiger partial charge in [0.15, 0.2) is 11.6 Å². The van der Waals surface area contributed by atoms with Crippen molar-refractivity contribution < 1.29 is 24.9 Å². The van der Waals surface area contributed by atoms with E-state index in [-0.39, 0.29) is 35.7 Å². The highest BCUT2D eigenvalue weighted by molar-refractivity contribution is 5.95. The highest BCUT2D eigenvalue weighted by atomic mass is 16.3. The summed E-state index contributed by atoms with van der Waals surface area (Å²) in [5.74, 6) is 0.411. The van der Waals surface area contributed by atoms with Crippen LogP contribution in [0.15, 0.2) is 11.6 Å². The molecule has 0 amide bonds. The molecule has 5 aliphatic rings. The third-order valence-electron chi connectivity index (χ3n) is 10.8. The number of hydrogen-bond donors (Lipinski definition) is 3. The molecule has 184 valence electrons. The monoisotopic (exact) mass is 459 g/mol. The zero-order valence-corrected chi connectivity index (χ0v) is 20.4. The number of piperidine rings is 1. The van der Waals surface area contributed by atoms with Crippen LogP contribution in [0.3, 0.4) is 0 Å². The molecule has 4 aliphatic carbocycles. The largest absolute Gasteiger partial charge is 0.390 e. The van der Waals surface area contributed by atoms with E-state index in [0.717, 1.165) is 50.3 Å². The van der Waals surface area contributed by atoms with Gasteiger partial charge in [0, 0.05) is 17.3 Å². The second-order valence-electron chi connectivity index (χ2n) is 12.5. The molecule has 8 atom stereocenters. The Kier molecular flexibility index (Phi) is 5.71. The maximum Gasteiger partial charge on any atom is 0.159 e. The molecule has 3 N–H and O–H groups in total. The number of fused-ring (bicyclic) bond motifs is 5. The van der Waals surface area contributed by atoms with Crippen LogP contribution in [-0.4, -0.2) is 69.2 Å². The number of aliphatic hydroxyl groups excluding tert-OH is 2. The molecule has 0 radical (unpaired) electrons. The fraction of sp³-hybridized carbons (Fsp3) is 0.852. The number of likely N-dealkylation sites (tertiary alicyclic amines) is 1. The van der Waals surface area contributed by atoms with E-state index < -0.39 is 28.6 Å². The molecule has 5 rings (SSSR count). The van der Waals surface area contributed by atoms with Crippen molar-refractivity contribution in [3.63, 3.8) is 0 Å². The maximum absolute atomic E-state index is 13.5. The molecule has 6 unspecified atom stereocenters. The number of hydrogen-bond acceptors (Lipinski definition) is 6. The third-order valence-corrected chi connectivity index (χ3v) is 10.8. The van der Waals surface area contributed by atoms with Gasteiger partial charge in [-0.3, -0.25) is 14.5 Å². The first kappa shape index (κ1) is 23.7. The van der Waals surface area contributed by atoms with Crippen molar-refractivity contribution in [3.05, 3.63) is 11.6 Å². The summed E-state index contributed by atoms with van der Waals surface area (Å²) < 4.78 is 0. The number of aliphatic hydroxyl groups is 3. The summed E-state index contributed by atoms with van der Waals surface area (Å²) in [6.07, 6.45) is 5.60. The summed E-state index contributed by atoms with van der Waals surface area (Å²) in [6.45, 7) is 8.80. The molecule has 6 nitrogen and oxygen atoms in total. The van der Waals surface area contributed by atoms with Crippen molar-refractivity contribution in [2.75, 3.05) is 19.6 Å². The average Bonchev–Trinajstić information content (AvgIpc) is 3.04. The quantitative estimate of drug-likeness (QED) is 0.600. The first-order valence-corrected chi connectivity index (χ1v) is 13.1. The van der Waals surface area contributed by atoms with Crippen LogP contribution >= 0.6 is 0 Å². The summed E-state index contributed by atoms with van der Waals surface area (Å²) in [6, 6.07) is 0. The lowest BCUT2D eigenvalue weighted by Crippen LogP contribution is -2.61.